The minimum Gasteiger partial charge on any atom is -0.352 e. The average molecular weight is 284 g/mol. The van der Waals surface area contributed by atoms with E-state index in [0.29, 0.717) is 19.1 Å². The molecule has 2 aliphatic heterocycles. The van der Waals surface area contributed by atoms with Gasteiger partial charge in [-0.15, -0.1) is 0 Å². The minimum absolute atomic E-state index is 0.0324. The first kappa shape index (κ1) is 16.0. The summed E-state index contributed by atoms with van der Waals surface area (Å²) < 4.78 is 23.1. The van der Waals surface area contributed by atoms with Crippen LogP contribution in [-0.4, -0.2) is 39.0 Å². The van der Waals surface area contributed by atoms with Gasteiger partial charge in [-0.1, -0.05) is 32.4 Å². The van der Waals surface area contributed by atoms with Gasteiger partial charge >= 0.3 is 0 Å². The van der Waals surface area contributed by atoms with E-state index in [1.54, 1.807) is 0 Å². The highest BCUT2D eigenvalue weighted by Crippen LogP contribution is 2.24. The zero-order valence-electron chi connectivity index (χ0n) is 12.8. The van der Waals surface area contributed by atoms with Crippen LogP contribution in [0.2, 0.25) is 0 Å². The van der Waals surface area contributed by atoms with Crippen molar-refractivity contribution in [3.8, 4) is 0 Å². The van der Waals surface area contributed by atoms with Crippen LogP contribution in [0.3, 0.4) is 0 Å². The van der Waals surface area contributed by atoms with E-state index in [1.165, 1.54) is 6.42 Å². The maximum atomic E-state index is 5.81. The third-order valence-corrected chi connectivity index (χ3v) is 3.76. The molecule has 0 bridgehead atoms. The van der Waals surface area contributed by atoms with E-state index < -0.39 is 0 Å². The molecule has 2 aliphatic rings. The van der Waals surface area contributed by atoms with E-state index in [1.807, 2.05) is 0 Å². The van der Waals surface area contributed by atoms with Crippen LogP contribution in [0.25, 0.3) is 0 Å². The maximum absolute atomic E-state index is 5.81. The lowest BCUT2D eigenvalue weighted by Gasteiger charge is -2.37. The molecule has 116 valence electrons. The van der Waals surface area contributed by atoms with Gasteiger partial charge in [-0.3, -0.25) is 0 Å². The lowest BCUT2D eigenvalue weighted by atomic mass is 10.1. The van der Waals surface area contributed by atoms with Crippen LogP contribution in [0, 0.1) is 11.8 Å². The van der Waals surface area contributed by atoms with Crippen LogP contribution >= 0.6 is 0 Å². The van der Waals surface area contributed by atoms with Crippen molar-refractivity contribution in [3.05, 3.63) is 12.2 Å². The van der Waals surface area contributed by atoms with E-state index >= 15 is 0 Å². The van der Waals surface area contributed by atoms with Crippen molar-refractivity contribution in [1.82, 2.24) is 0 Å². The Morgan fingerprint density at radius 1 is 0.950 bits per heavy atom. The van der Waals surface area contributed by atoms with E-state index in [-0.39, 0.29) is 18.5 Å². The molecule has 2 fully saturated rings. The van der Waals surface area contributed by atoms with Crippen LogP contribution < -0.4 is 0 Å². The number of rotatable bonds is 6. The molecule has 0 saturated carbocycles. The van der Waals surface area contributed by atoms with Crippen LogP contribution in [0.4, 0.5) is 0 Å². The van der Waals surface area contributed by atoms with Gasteiger partial charge in [0.2, 0.25) is 0 Å². The predicted octanol–water partition coefficient (Wildman–Crippen LogP) is 3.12. The predicted molar refractivity (Wildman–Crippen MR) is 77.3 cm³/mol. The molecular formula is C16H28O4. The summed E-state index contributed by atoms with van der Waals surface area (Å²) in [5.74, 6) is 0.581. The molecule has 0 atom stereocenters. The molecule has 4 heteroatoms. The molecule has 20 heavy (non-hydrogen) atoms. The quantitative estimate of drug-likeness (QED) is 0.702. The molecule has 0 amide bonds. The molecule has 0 aromatic carbocycles. The average Bonchev–Trinajstić information content (AvgIpc) is 2.52. The minimum atomic E-state index is -0.173. The molecule has 0 aromatic heterocycles. The molecule has 2 rings (SSSR count). The fourth-order valence-electron chi connectivity index (χ4n) is 2.50. The number of allylic oxidation sites excluding steroid dienone is 1. The topological polar surface area (TPSA) is 36.9 Å². The van der Waals surface area contributed by atoms with Gasteiger partial charge in [-0.2, -0.15) is 0 Å². The smallest absolute Gasteiger partial charge is 0.164 e. The van der Waals surface area contributed by atoms with Crippen molar-refractivity contribution in [2.24, 2.45) is 11.8 Å². The van der Waals surface area contributed by atoms with Crippen molar-refractivity contribution in [2.75, 3.05) is 26.4 Å². The van der Waals surface area contributed by atoms with E-state index in [0.717, 1.165) is 32.5 Å². The molecule has 0 aliphatic carbocycles. The first-order chi connectivity index (χ1) is 9.83. The highest BCUT2D eigenvalue weighted by molar-refractivity contribution is 4.89. The SMILES string of the molecule is CC/C=C/C1COC([C@H]2CO[C@H](CCCC)OC2)OC1. The molecule has 2 heterocycles. The summed E-state index contributed by atoms with van der Waals surface area (Å²) in [6, 6.07) is 0. The molecule has 0 spiro atoms. The standard InChI is InChI=1S/C16H28O4/c1-3-5-7-13-9-19-16(20-10-13)14-11-17-15(18-12-14)8-6-4-2/h5,7,13-16H,3-4,6,8-12H2,1-2H3/b7-5+/t13?,14-,15-,16?. The van der Waals surface area contributed by atoms with Gasteiger partial charge in [-0.05, 0) is 19.3 Å². The van der Waals surface area contributed by atoms with Gasteiger partial charge in [0.1, 0.15) is 0 Å². The Labute approximate surface area is 122 Å². The monoisotopic (exact) mass is 284 g/mol. The van der Waals surface area contributed by atoms with Crippen molar-refractivity contribution in [3.63, 3.8) is 0 Å². The number of ether oxygens (including phenoxy) is 4. The first-order valence-electron chi connectivity index (χ1n) is 7.96. The van der Waals surface area contributed by atoms with E-state index in [9.17, 15) is 0 Å². The number of unbranched alkanes of at least 4 members (excludes halogenated alkanes) is 1. The van der Waals surface area contributed by atoms with Crippen molar-refractivity contribution >= 4 is 0 Å². The van der Waals surface area contributed by atoms with Crippen molar-refractivity contribution in [2.45, 2.75) is 52.1 Å². The Bertz CT molecular complexity index is 276. The lowest BCUT2D eigenvalue weighted by Crippen LogP contribution is -2.44. The zero-order chi connectivity index (χ0) is 14.2. The second-order valence-corrected chi connectivity index (χ2v) is 5.63. The molecular weight excluding hydrogens is 256 g/mol. The van der Waals surface area contributed by atoms with Gasteiger partial charge in [0.15, 0.2) is 12.6 Å². The summed E-state index contributed by atoms with van der Waals surface area (Å²) in [6.45, 7) is 7.13. The van der Waals surface area contributed by atoms with Crippen LogP contribution in [0.1, 0.15) is 39.5 Å². The van der Waals surface area contributed by atoms with Gasteiger partial charge in [0.25, 0.3) is 0 Å². The number of hydrogen-bond acceptors (Lipinski definition) is 4. The Morgan fingerprint density at radius 3 is 2.25 bits per heavy atom. The molecule has 0 aromatic rings. The zero-order valence-corrected chi connectivity index (χ0v) is 12.8. The molecule has 0 N–H and O–H groups in total. The third-order valence-electron chi connectivity index (χ3n) is 3.76. The Kier molecular flexibility index (Phi) is 7.00. The summed E-state index contributed by atoms with van der Waals surface area (Å²) in [5.41, 5.74) is 0. The molecule has 0 unspecified atom stereocenters. The van der Waals surface area contributed by atoms with Gasteiger partial charge < -0.3 is 18.9 Å². The Hall–Kier alpha value is -0.420. The highest BCUT2D eigenvalue weighted by Gasteiger charge is 2.32. The van der Waals surface area contributed by atoms with E-state index in [4.69, 9.17) is 18.9 Å². The summed E-state index contributed by atoms with van der Waals surface area (Å²) >= 11 is 0. The summed E-state index contributed by atoms with van der Waals surface area (Å²) in [6.07, 6.45) is 8.52. The van der Waals surface area contributed by atoms with Crippen LogP contribution in [-0.2, 0) is 18.9 Å². The second kappa shape index (κ2) is 8.78. The molecule has 2 saturated heterocycles. The van der Waals surface area contributed by atoms with Gasteiger partial charge in [0, 0.05) is 5.92 Å². The first-order valence-corrected chi connectivity index (χ1v) is 7.96. The fraction of sp³-hybridized carbons (Fsp3) is 0.875. The maximum Gasteiger partial charge on any atom is 0.164 e. The fourth-order valence-corrected chi connectivity index (χ4v) is 2.50. The molecule has 0 radical (unpaired) electrons. The van der Waals surface area contributed by atoms with Gasteiger partial charge in [-0.25, -0.2) is 0 Å². The lowest BCUT2D eigenvalue weighted by molar-refractivity contribution is -0.278. The third kappa shape index (κ3) is 4.85. The largest absolute Gasteiger partial charge is 0.352 e. The van der Waals surface area contributed by atoms with Crippen molar-refractivity contribution in [1.29, 1.82) is 0 Å². The number of hydrogen-bond donors (Lipinski definition) is 0. The van der Waals surface area contributed by atoms with Crippen molar-refractivity contribution < 1.29 is 18.9 Å². The normalized spacial score (nSPS) is 35.5. The van der Waals surface area contributed by atoms with Gasteiger partial charge in [0.05, 0.1) is 32.3 Å². The van der Waals surface area contributed by atoms with E-state index in [2.05, 4.69) is 26.0 Å². The summed E-state index contributed by atoms with van der Waals surface area (Å²) in [7, 11) is 0. The molecule has 4 nitrogen and oxygen atoms in total. The highest BCUT2D eigenvalue weighted by atomic mass is 16.7. The summed E-state index contributed by atoms with van der Waals surface area (Å²) in [5, 5.41) is 0. The second-order valence-electron chi connectivity index (χ2n) is 5.63. The Morgan fingerprint density at radius 2 is 1.65 bits per heavy atom. The van der Waals surface area contributed by atoms with Crippen LogP contribution in [0.5, 0.6) is 0 Å². The Balaban J connectivity index is 1.66. The van der Waals surface area contributed by atoms with Crippen LogP contribution in [0.15, 0.2) is 12.2 Å². The summed E-state index contributed by atoms with van der Waals surface area (Å²) in [4.78, 5) is 0.